The molecule has 6 heteroatoms. The molecule has 0 bridgehead atoms. The Morgan fingerprint density at radius 1 is 1.47 bits per heavy atom. The molecule has 0 spiro atoms. The van der Waals surface area contributed by atoms with Gasteiger partial charge in [-0.3, -0.25) is 4.99 Å². The number of nitrogens with zero attached hydrogens (tertiary/aromatic N) is 1. The molecule has 0 aliphatic heterocycles. The lowest BCUT2D eigenvalue weighted by atomic mass is 10.2. The first-order valence-electron chi connectivity index (χ1n) is 4.23. The van der Waals surface area contributed by atoms with E-state index in [4.69, 9.17) is 5.84 Å². The zero-order valence-corrected chi connectivity index (χ0v) is 9.38. The molecule has 5 nitrogen and oxygen atoms in total. The van der Waals surface area contributed by atoms with Gasteiger partial charge in [-0.05, 0) is 12.1 Å². The summed E-state index contributed by atoms with van der Waals surface area (Å²) in [6.45, 7) is 0. The van der Waals surface area contributed by atoms with Crippen LogP contribution in [0.4, 0.5) is 0 Å². The molecule has 0 aliphatic rings. The van der Waals surface area contributed by atoms with E-state index in [1.165, 1.54) is 12.1 Å². The summed E-state index contributed by atoms with van der Waals surface area (Å²) in [5, 5.41) is 0. The number of hydrazine groups is 1. The second-order valence-electron chi connectivity index (χ2n) is 3.02. The quantitative estimate of drug-likeness (QED) is 0.320. The highest BCUT2D eigenvalue weighted by Gasteiger charge is 2.09. The van der Waals surface area contributed by atoms with Crippen LogP contribution in [-0.2, 0) is 9.84 Å². The highest BCUT2D eigenvalue weighted by Crippen LogP contribution is 2.11. The van der Waals surface area contributed by atoms with Crippen LogP contribution in [0.2, 0.25) is 0 Å². The molecule has 0 amide bonds. The molecule has 0 aliphatic carbocycles. The molecule has 0 heterocycles. The van der Waals surface area contributed by atoms with Crippen LogP contribution < -0.4 is 11.3 Å². The fourth-order valence-corrected chi connectivity index (χ4v) is 1.82. The zero-order chi connectivity index (χ0) is 11.5. The molecule has 1 aromatic rings. The van der Waals surface area contributed by atoms with Gasteiger partial charge in [0.2, 0.25) is 0 Å². The predicted octanol–water partition coefficient (Wildman–Crippen LogP) is -0.0702. The fraction of sp³-hybridized carbons (Fsp3) is 0.222. The van der Waals surface area contributed by atoms with Gasteiger partial charge in [-0.1, -0.05) is 12.1 Å². The number of rotatable bonds is 2. The Morgan fingerprint density at radius 3 is 2.60 bits per heavy atom. The average Bonchev–Trinajstić information content (AvgIpc) is 2.19. The molecule has 0 atom stereocenters. The molecule has 3 N–H and O–H groups in total. The maximum absolute atomic E-state index is 11.3. The van der Waals surface area contributed by atoms with E-state index in [1.807, 2.05) is 0 Å². The van der Waals surface area contributed by atoms with E-state index in [2.05, 4.69) is 10.4 Å². The van der Waals surface area contributed by atoms with Gasteiger partial charge in [0.05, 0.1) is 4.90 Å². The third-order valence-electron chi connectivity index (χ3n) is 1.90. The molecule has 0 saturated heterocycles. The van der Waals surface area contributed by atoms with Crippen LogP contribution in [0.25, 0.3) is 0 Å². The van der Waals surface area contributed by atoms with E-state index in [9.17, 15) is 8.42 Å². The summed E-state index contributed by atoms with van der Waals surface area (Å²) in [5.74, 6) is 5.69. The molecule has 0 radical (unpaired) electrons. The predicted molar refractivity (Wildman–Crippen MR) is 59.3 cm³/mol. The SMILES string of the molecule is CN=C(NN)c1cccc(S(C)(=O)=O)c1. The van der Waals surface area contributed by atoms with Gasteiger partial charge in [-0.2, -0.15) is 0 Å². The van der Waals surface area contributed by atoms with Gasteiger partial charge >= 0.3 is 0 Å². The van der Waals surface area contributed by atoms with E-state index in [1.54, 1.807) is 19.2 Å². The summed E-state index contributed by atoms with van der Waals surface area (Å²) in [7, 11) is -1.63. The highest BCUT2D eigenvalue weighted by atomic mass is 32.2. The Hall–Kier alpha value is -1.40. The van der Waals surface area contributed by atoms with Crippen LogP contribution in [0.15, 0.2) is 34.2 Å². The van der Waals surface area contributed by atoms with Crippen molar-refractivity contribution >= 4 is 15.7 Å². The van der Waals surface area contributed by atoms with Crippen molar-refractivity contribution in [2.45, 2.75) is 4.90 Å². The van der Waals surface area contributed by atoms with Crippen molar-refractivity contribution in [2.24, 2.45) is 10.8 Å². The summed E-state index contributed by atoms with van der Waals surface area (Å²) in [4.78, 5) is 4.13. The summed E-state index contributed by atoms with van der Waals surface area (Å²) >= 11 is 0. The fourth-order valence-electron chi connectivity index (χ4n) is 1.15. The number of benzene rings is 1. The minimum Gasteiger partial charge on any atom is -0.308 e. The topological polar surface area (TPSA) is 84.5 Å². The lowest BCUT2D eigenvalue weighted by Gasteiger charge is -2.05. The molecular weight excluding hydrogens is 214 g/mol. The molecule has 1 aromatic carbocycles. The first kappa shape index (κ1) is 11.7. The van der Waals surface area contributed by atoms with Crippen LogP contribution in [0.3, 0.4) is 0 Å². The van der Waals surface area contributed by atoms with Gasteiger partial charge in [0.15, 0.2) is 9.84 Å². The molecule has 0 fully saturated rings. The summed E-state index contributed by atoms with van der Waals surface area (Å²) < 4.78 is 22.6. The third kappa shape index (κ3) is 2.77. The zero-order valence-electron chi connectivity index (χ0n) is 8.56. The molecule has 0 aromatic heterocycles. The molecule has 1 rings (SSSR count). The smallest absolute Gasteiger partial charge is 0.175 e. The first-order valence-corrected chi connectivity index (χ1v) is 6.12. The first-order chi connectivity index (χ1) is 6.99. The van der Waals surface area contributed by atoms with Crippen molar-refractivity contribution in [3.63, 3.8) is 0 Å². The van der Waals surface area contributed by atoms with Crippen LogP contribution >= 0.6 is 0 Å². The molecule has 82 valence electrons. The maximum atomic E-state index is 11.3. The standard InChI is InChI=1S/C9H13N3O2S/c1-11-9(12-10)7-4-3-5-8(6-7)15(2,13)14/h3-6H,10H2,1-2H3,(H,11,12). The number of aliphatic imine (C=N–C) groups is 1. The Bertz CT molecular complexity index is 480. The van der Waals surface area contributed by atoms with Crippen molar-refractivity contribution in [3.05, 3.63) is 29.8 Å². The van der Waals surface area contributed by atoms with Gasteiger partial charge in [0.25, 0.3) is 0 Å². The number of nitrogens with one attached hydrogen (secondary N) is 1. The molecular formula is C9H13N3O2S. The van der Waals surface area contributed by atoms with Crippen molar-refractivity contribution in [1.82, 2.24) is 5.43 Å². The Morgan fingerprint density at radius 2 is 2.13 bits per heavy atom. The second kappa shape index (κ2) is 4.41. The average molecular weight is 227 g/mol. The number of hydrogen-bond acceptors (Lipinski definition) is 4. The Labute approximate surface area is 88.9 Å². The molecule has 0 unspecified atom stereocenters. The Balaban J connectivity index is 3.25. The van der Waals surface area contributed by atoms with E-state index < -0.39 is 9.84 Å². The van der Waals surface area contributed by atoms with E-state index in [-0.39, 0.29) is 4.90 Å². The lowest BCUT2D eigenvalue weighted by molar-refractivity contribution is 0.602. The third-order valence-corrected chi connectivity index (χ3v) is 3.01. The number of hydrogen-bond donors (Lipinski definition) is 2. The van der Waals surface area contributed by atoms with Gasteiger partial charge in [0, 0.05) is 18.9 Å². The number of nitrogens with two attached hydrogens (primary N) is 1. The Kier molecular flexibility index (Phi) is 3.43. The summed E-state index contributed by atoms with van der Waals surface area (Å²) in [6, 6.07) is 6.44. The van der Waals surface area contributed by atoms with Crippen LogP contribution in [0.1, 0.15) is 5.56 Å². The van der Waals surface area contributed by atoms with E-state index >= 15 is 0 Å². The van der Waals surface area contributed by atoms with Gasteiger partial charge < -0.3 is 5.43 Å². The van der Waals surface area contributed by atoms with Crippen molar-refractivity contribution < 1.29 is 8.42 Å². The number of sulfone groups is 1. The van der Waals surface area contributed by atoms with E-state index in [0.717, 1.165) is 6.26 Å². The molecule has 15 heavy (non-hydrogen) atoms. The monoisotopic (exact) mass is 227 g/mol. The van der Waals surface area contributed by atoms with Crippen molar-refractivity contribution in [3.8, 4) is 0 Å². The second-order valence-corrected chi connectivity index (χ2v) is 5.03. The summed E-state index contributed by atoms with van der Waals surface area (Å²) in [5.41, 5.74) is 3.04. The van der Waals surface area contributed by atoms with Gasteiger partial charge in [-0.25, -0.2) is 14.3 Å². The minimum atomic E-state index is -3.20. The normalized spacial score (nSPS) is 12.6. The highest BCUT2D eigenvalue weighted by molar-refractivity contribution is 7.90. The van der Waals surface area contributed by atoms with Crippen molar-refractivity contribution in [2.75, 3.05) is 13.3 Å². The van der Waals surface area contributed by atoms with Gasteiger partial charge in [-0.15, -0.1) is 0 Å². The summed E-state index contributed by atoms with van der Waals surface area (Å²) in [6.07, 6.45) is 1.16. The maximum Gasteiger partial charge on any atom is 0.175 e. The molecule has 0 saturated carbocycles. The van der Waals surface area contributed by atoms with E-state index in [0.29, 0.717) is 11.4 Å². The van der Waals surface area contributed by atoms with Crippen LogP contribution in [0.5, 0.6) is 0 Å². The van der Waals surface area contributed by atoms with Crippen molar-refractivity contribution in [1.29, 1.82) is 0 Å². The largest absolute Gasteiger partial charge is 0.308 e. The van der Waals surface area contributed by atoms with Gasteiger partial charge in [0.1, 0.15) is 5.84 Å². The minimum absolute atomic E-state index is 0.247. The van der Waals surface area contributed by atoms with Crippen LogP contribution in [-0.4, -0.2) is 27.6 Å². The van der Waals surface area contributed by atoms with Crippen LogP contribution in [0, 0.1) is 0 Å². The lowest BCUT2D eigenvalue weighted by Crippen LogP contribution is -2.31. The number of amidine groups is 1.